The maximum atomic E-state index is 11.8. The molecule has 6 nitrogen and oxygen atoms in total. The highest BCUT2D eigenvalue weighted by Crippen LogP contribution is 2.22. The summed E-state index contributed by atoms with van der Waals surface area (Å²) in [5.74, 6) is 0.241. The SMILES string of the molecule is NC1CCCCC1CNS(=O)(=O)c1cn[nH]c1. The molecule has 1 aliphatic carbocycles. The van der Waals surface area contributed by atoms with Crippen LogP contribution >= 0.6 is 0 Å². The molecule has 17 heavy (non-hydrogen) atoms. The summed E-state index contributed by atoms with van der Waals surface area (Å²) in [7, 11) is -3.44. The summed E-state index contributed by atoms with van der Waals surface area (Å²) in [4.78, 5) is 0.168. The van der Waals surface area contributed by atoms with Crippen LogP contribution in [0.25, 0.3) is 0 Å². The lowest BCUT2D eigenvalue weighted by molar-refractivity contribution is 0.308. The van der Waals surface area contributed by atoms with Gasteiger partial charge in [-0.3, -0.25) is 5.10 Å². The van der Waals surface area contributed by atoms with Crippen molar-refractivity contribution in [1.82, 2.24) is 14.9 Å². The number of hydrogen-bond donors (Lipinski definition) is 3. The van der Waals surface area contributed by atoms with Crippen molar-refractivity contribution in [1.29, 1.82) is 0 Å². The average Bonchev–Trinajstić information content (AvgIpc) is 2.82. The van der Waals surface area contributed by atoms with E-state index in [1.54, 1.807) is 0 Å². The van der Waals surface area contributed by atoms with E-state index >= 15 is 0 Å². The molecule has 1 saturated carbocycles. The van der Waals surface area contributed by atoms with Crippen LogP contribution in [0.3, 0.4) is 0 Å². The van der Waals surface area contributed by atoms with Crippen LogP contribution < -0.4 is 10.5 Å². The van der Waals surface area contributed by atoms with Gasteiger partial charge in [-0.1, -0.05) is 12.8 Å². The van der Waals surface area contributed by atoms with E-state index in [9.17, 15) is 8.42 Å². The van der Waals surface area contributed by atoms with E-state index in [2.05, 4.69) is 14.9 Å². The standard InChI is InChI=1S/C10H18N4O2S/c11-10-4-2-1-3-8(10)5-14-17(15,16)9-6-12-13-7-9/h6-8,10,14H,1-5,11H2,(H,12,13). The molecule has 2 unspecified atom stereocenters. The number of aromatic nitrogens is 2. The van der Waals surface area contributed by atoms with Crippen molar-refractivity contribution in [2.75, 3.05) is 6.54 Å². The van der Waals surface area contributed by atoms with Gasteiger partial charge in [0.1, 0.15) is 4.90 Å². The number of aromatic amines is 1. The van der Waals surface area contributed by atoms with Crippen LogP contribution in [0, 0.1) is 5.92 Å². The Hall–Kier alpha value is -0.920. The lowest BCUT2D eigenvalue weighted by Gasteiger charge is -2.28. The Morgan fingerprint density at radius 3 is 2.88 bits per heavy atom. The summed E-state index contributed by atoms with van der Waals surface area (Å²) in [6.07, 6.45) is 6.91. The van der Waals surface area contributed by atoms with Gasteiger partial charge >= 0.3 is 0 Å². The normalized spacial score (nSPS) is 25.9. The molecule has 0 saturated heterocycles. The van der Waals surface area contributed by atoms with Gasteiger partial charge in [-0.15, -0.1) is 0 Å². The Morgan fingerprint density at radius 1 is 1.47 bits per heavy atom. The van der Waals surface area contributed by atoms with Gasteiger partial charge in [0.2, 0.25) is 10.0 Å². The maximum Gasteiger partial charge on any atom is 0.243 e. The highest BCUT2D eigenvalue weighted by molar-refractivity contribution is 7.89. The molecule has 0 amide bonds. The third-order valence-electron chi connectivity index (χ3n) is 3.29. The van der Waals surface area contributed by atoms with Gasteiger partial charge < -0.3 is 5.73 Å². The van der Waals surface area contributed by atoms with Crippen molar-refractivity contribution in [3.8, 4) is 0 Å². The fourth-order valence-corrected chi connectivity index (χ4v) is 3.18. The summed E-state index contributed by atoms with van der Waals surface area (Å²) in [6, 6.07) is 0.107. The molecule has 0 bridgehead atoms. The molecule has 1 aromatic heterocycles. The van der Waals surface area contributed by atoms with Crippen LogP contribution in [-0.2, 0) is 10.0 Å². The van der Waals surface area contributed by atoms with Crippen molar-refractivity contribution >= 4 is 10.0 Å². The highest BCUT2D eigenvalue weighted by Gasteiger charge is 2.24. The molecule has 0 spiro atoms. The second-order valence-corrected chi connectivity index (χ2v) is 6.26. The summed E-state index contributed by atoms with van der Waals surface area (Å²) in [6.45, 7) is 0.411. The van der Waals surface area contributed by atoms with E-state index in [1.165, 1.54) is 12.4 Å². The lowest BCUT2D eigenvalue weighted by Crippen LogP contribution is -2.40. The van der Waals surface area contributed by atoms with Crippen LogP contribution in [-0.4, -0.2) is 31.2 Å². The molecule has 1 fully saturated rings. The number of H-pyrrole nitrogens is 1. The lowest BCUT2D eigenvalue weighted by atomic mass is 9.85. The minimum absolute atomic E-state index is 0.107. The summed E-state index contributed by atoms with van der Waals surface area (Å²) in [5.41, 5.74) is 5.97. The van der Waals surface area contributed by atoms with Gasteiger partial charge in [-0.25, -0.2) is 13.1 Å². The molecule has 1 heterocycles. The predicted octanol–water partition coefficient (Wildman–Crippen LogP) is 0.205. The quantitative estimate of drug-likeness (QED) is 0.718. The molecule has 2 atom stereocenters. The Bertz CT molecular complexity index is 443. The summed E-state index contributed by atoms with van der Waals surface area (Å²) < 4.78 is 26.3. The van der Waals surface area contributed by atoms with Gasteiger partial charge in [0.25, 0.3) is 0 Å². The number of nitrogens with one attached hydrogen (secondary N) is 2. The zero-order chi connectivity index (χ0) is 12.3. The maximum absolute atomic E-state index is 11.8. The van der Waals surface area contributed by atoms with Crippen LogP contribution in [0.1, 0.15) is 25.7 Å². The van der Waals surface area contributed by atoms with Crippen molar-refractivity contribution in [2.24, 2.45) is 11.7 Å². The van der Waals surface area contributed by atoms with E-state index in [1.807, 2.05) is 0 Å². The monoisotopic (exact) mass is 258 g/mol. The zero-order valence-corrected chi connectivity index (χ0v) is 10.4. The van der Waals surface area contributed by atoms with Crippen LogP contribution in [0.4, 0.5) is 0 Å². The molecule has 4 N–H and O–H groups in total. The Kier molecular flexibility index (Phi) is 3.80. The Morgan fingerprint density at radius 2 is 2.24 bits per heavy atom. The van der Waals surface area contributed by atoms with Crippen LogP contribution in [0.5, 0.6) is 0 Å². The number of rotatable bonds is 4. The molecular formula is C10H18N4O2S. The van der Waals surface area contributed by atoms with E-state index < -0.39 is 10.0 Å². The number of hydrogen-bond acceptors (Lipinski definition) is 4. The first-order valence-electron chi connectivity index (χ1n) is 5.83. The van der Waals surface area contributed by atoms with Crippen LogP contribution in [0.15, 0.2) is 17.3 Å². The second-order valence-electron chi connectivity index (χ2n) is 4.49. The molecule has 1 aliphatic rings. The minimum atomic E-state index is -3.44. The number of sulfonamides is 1. The first-order chi connectivity index (χ1) is 8.09. The minimum Gasteiger partial charge on any atom is -0.327 e. The Balaban J connectivity index is 1.93. The molecule has 0 aliphatic heterocycles. The fourth-order valence-electron chi connectivity index (χ4n) is 2.18. The fraction of sp³-hybridized carbons (Fsp3) is 0.700. The first-order valence-corrected chi connectivity index (χ1v) is 7.32. The Labute approximate surface area is 101 Å². The third-order valence-corrected chi connectivity index (χ3v) is 4.68. The van der Waals surface area contributed by atoms with E-state index in [0.29, 0.717) is 6.54 Å². The first kappa shape index (κ1) is 12.5. The molecule has 7 heteroatoms. The number of nitrogens with zero attached hydrogens (tertiary/aromatic N) is 1. The molecule has 1 aromatic rings. The average molecular weight is 258 g/mol. The van der Waals surface area contributed by atoms with Crippen LogP contribution in [0.2, 0.25) is 0 Å². The van der Waals surface area contributed by atoms with Crippen molar-refractivity contribution < 1.29 is 8.42 Å². The van der Waals surface area contributed by atoms with E-state index in [-0.39, 0.29) is 16.9 Å². The molecule has 96 valence electrons. The number of nitrogens with two attached hydrogens (primary N) is 1. The molecular weight excluding hydrogens is 240 g/mol. The van der Waals surface area contributed by atoms with Crippen molar-refractivity contribution in [2.45, 2.75) is 36.6 Å². The van der Waals surface area contributed by atoms with E-state index in [4.69, 9.17) is 5.73 Å². The van der Waals surface area contributed by atoms with Gasteiger partial charge in [-0.2, -0.15) is 5.10 Å². The van der Waals surface area contributed by atoms with Crippen molar-refractivity contribution in [3.63, 3.8) is 0 Å². The smallest absolute Gasteiger partial charge is 0.243 e. The predicted molar refractivity (Wildman–Crippen MR) is 63.7 cm³/mol. The van der Waals surface area contributed by atoms with E-state index in [0.717, 1.165) is 25.7 Å². The summed E-state index contributed by atoms with van der Waals surface area (Å²) >= 11 is 0. The van der Waals surface area contributed by atoms with Gasteiger partial charge in [0, 0.05) is 18.8 Å². The molecule has 0 radical (unpaired) electrons. The van der Waals surface area contributed by atoms with Gasteiger partial charge in [-0.05, 0) is 18.8 Å². The largest absolute Gasteiger partial charge is 0.327 e. The molecule has 0 aromatic carbocycles. The summed E-state index contributed by atoms with van der Waals surface area (Å²) in [5, 5.41) is 6.12. The topological polar surface area (TPSA) is 101 Å². The van der Waals surface area contributed by atoms with Crippen molar-refractivity contribution in [3.05, 3.63) is 12.4 Å². The third kappa shape index (κ3) is 3.05. The van der Waals surface area contributed by atoms with Gasteiger partial charge in [0.05, 0.1) is 6.20 Å². The van der Waals surface area contributed by atoms with Gasteiger partial charge in [0.15, 0.2) is 0 Å². The zero-order valence-electron chi connectivity index (χ0n) is 9.59. The highest BCUT2D eigenvalue weighted by atomic mass is 32.2. The molecule has 2 rings (SSSR count). The second kappa shape index (κ2) is 5.16.